The predicted molar refractivity (Wildman–Crippen MR) is 137 cm³/mol. The van der Waals surface area contributed by atoms with Crippen molar-refractivity contribution in [2.45, 2.75) is 86.8 Å². The van der Waals surface area contributed by atoms with Gasteiger partial charge in [-0.3, -0.25) is 4.79 Å². The van der Waals surface area contributed by atoms with E-state index in [1.165, 1.54) is 25.2 Å². The fraction of sp³-hybridized carbons (Fsp3) is 0.517. The Morgan fingerprint density at radius 1 is 0.946 bits per heavy atom. The lowest BCUT2D eigenvalue weighted by Gasteiger charge is -2.44. The average molecular weight is 524 g/mol. The van der Waals surface area contributed by atoms with Crippen LogP contribution in [0.3, 0.4) is 0 Å². The van der Waals surface area contributed by atoms with E-state index in [4.69, 9.17) is 9.47 Å². The van der Waals surface area contributed by atoms with E-state index < -0.39 is 49.6 Å². The largest absolute Gasteiger partial charge is 0.451 e. The van der Waals surface area contributed by atoms with Crippen LogP contribution >= 0.6 is 0 Å². The molecule has 0 aromatic heterocycles. The Bertz CT molecular complexity index is 1260. The maximum absolute atomic E-state index is 13.8. The summed E-state index contributed by atoms with van der Waals surface area (Å²) in [7, 11) is -3.85. The summed E-state index contributed by atoms with van der Waals surface area (Å²) in [6.45, 7) is 3.07. The SMILES string of the molecule is CC1(C)[C@H](C(=O)OC(c2ccccc2)c2ccccc2)N2C(=O)[C@@]3(C[C@@H]3OC3CCCCC3)[C@H]2S1(=O)=O. The number of sulfone groups is 1. The Labute approximate surface area is 218 Å². The van der Waals surface area contributed by atoms with Gasteiger partial charge >= 0.3 is 5.97 Å². The molecule has 2 aliphatic carbocycles. The van der Waals surface area contributed by atoms with Gasteiger partial charge < -0.3 is 14.4 Å². The van der Waals surface area contributed by atoms with Gasteiger partial charge in [-0.25, -0.2) is 13.2 Å². The Morgan fingerprint density at radius 2 is 1.51 bits per heavy atom. The van der Waals surface area contributed by atoms with Gasteiger partial charge in [0.25, 0.3) is 0 Å². The third-order valence-electron chi connectivity index (χ3n) is 8.80. The molecule has 2 aromatic carbocycles. The van der Waals surface area contributed by atoms with Crippen molar-refractivity contribution in [3.63, 3.8) is 0 Å². The van der Waals surface area contributed by atoms with E-state index in [9.17, 15) is 18.0 Å². The van der Waals surface area contributed by atoms with Crippen molar-refractivity contribution in [3.05, 3.63) is 71.8 Å². The molecular weight excluding hydrogens is 490 g/mol. The number of carbonyl (C=O) groups excluding carboxylic acids is 2. The second kappa shape index (κ2) is 8.67. The van der Waals surface area contributed by atoms with E-state index in [0.29, 0.717) is 6.42 Å². The molecule has 0 radical (unpaired) electrons. The lowest BCUT2D eigenvalue weighted by molar-refractivity contribution is -0.173. The zero-order chi connectivity index (χ0) is 26.0. The van der Waals surface area contributed by atoms with Crippen LogP contribution in [0.25, 0.3) is 0 Å². The minimum Gasteiger partial charge on any atom is -0.451 e. The van der Waals surface area contributed by atoms with Gasteiger partial charge in [-0.15, -0.1) is 0 Å². The minimum atomic E-state index is -3.85. The molecule has 37 heavy (non-hydrogen) atoms. The number of esters is 1. The quantitative estimate of drug-likeness (QED) is 0.417. The van der Waals surface area contributed by atoms with Gasteiger partial charge in [0.05, 0.1) is 17.0 Å². The van der Waals surface area contributed by atoms with Crippen LogP contribution < -0.4 is 0 Å². The van der Waals surface area contributed by atoms with Crippen molar-refractivity contribution < 1.29 is 27.5 Å². The lowest BCUT2D eigenvalue weighted by atomic mass is 9.88. The fourth-order valence-corrected chi connectivity index (χ4v) is 9.11. The molecule has 2 aliphatic heterocycles. The van der Waals surface area contributed by atoms with E-state index in [1.54, 1.807) is 0 Å². The first kappa shape index (κ1) is 24.6. The number of amides is 1. The Hall–Kier alpha value is -2.71. The summed E-state index contributed by atoms with van der Waals surface area (Å²) in [5, 5.41) is -1.04. The maximum atomic E-state index is 13.8. The van der Waals surface area contributed by atoms with E-state index in [2.05, 4.69) is 0 Å². The molecule has 1 amide bonds. The first-order valence-corrected chi connectivity index (χ1v) is 14.8. The van der Waals surface area contributed by atoms with Crippen LogP contribution in [0.2, 0.25) is 0 Å². The molecule has 8 heteroatoms. The van der Waals surface area contributed by atoms with Crippen LogP contribution in [0.15, 0.2) is 60.7 Å². The Morgan fingerprint density at radius 3 is 2.08 bits per heavy atom. The number of rotatable bonds is 6. The first-order valence-electron chi connectivity index (χ1n) is 13.2. The topological polar surface area (TPSA) is 90.0 Å². The van der Waals surface area contributed by atoms with Crippen LogP contribution in [-0.2, 0) is 28.9 Å². The zero-order valence-electron chi connectivity index (χ0n) is 21.2. The van der Waals surface area contributed by atoms with Gasteiger partial charge in [-0.2, -0.15) is 0 Å². The standard InChI is InChI=1S/C29H33NO6S/c1-28(2)24(25(31)36-23(19-12-6-3-7-13-19)20-14-8-4-9-15-20)30-26(32)29(27(30)37(28,33)34)18-22(29)35-21-16-10-5-11-17-21/h3-4,6-9,12-15,21-24,27H,5,10-11,16-18H2,1-2H3/t22-,24-,27+,29-/m0/s1. The maximum Gasteiger partial charge on any atom is 0.331 e. The highest BCUT2D eigenvalue weighted by atomic mass is 32.2. The number of hydrogen-bond acceptors (Lipinski definition) is 6. The van der Waals surface area contributed by atoms with E-state index >= 15 is 0 Å². The average Bonchev–Trinajstić information content (AvgIpc) is 3.60. The summed E-state index contributed by atoms with van der Waals surface area (Å²) >= 11 is 0. The highest BCUT2D eigenvalue weighted by Crippen LogP contribution is 2.67. The number of benzene rings is 2. The van der Waals surface area contributed by atoms with Crippen molar-refractivity contribution in [3.8, 4) is 0 Å². The van der Waals surface area contributed by atoms with Gasteiger partial charge in [-0.1, -0.05) is 79.9 Å². The number of hydrogen-bond donors (Lipinski definition) is 0. The molecule has 4 aliphatic rings. The number of ether oxygens (including phenoxy) is 2. The van der Waals surface area contributed by atoms with Crippen LogP contribution in [-0.4, -0.2) is 53.6 Å². The molecule has 0 N–H and O–H groups in total. The van der Waals surface area contributed by atoms with Gasteiger partial charge in [-0.05, 0) is 44.2 Å². The number of nitrogens with zero attached hydrogens (tertiary/aromatic N) is 1. The molecule has 2 saturated carbocycles. The normalized spacial score (nSPS) is 31.7. The van der Waals surface area contributed by atoms with E-state index in [-0.39, 0.29) is 12.0 Å². The fourth-order valence-electron chi connectivity index (χ4n) is 6.59. The third kappa shape index (κ3) is 3.59. The molecule has 196 valence electrons. The van der Waals surface area contributed by atoms with Crippen molar-refractivity contribution in [2.75, 3.05) is 0 Å². The molecule has 7 nitrogen and oxygen atoms in total. The van der Waals surface area contributed by atoms with Crippen molar-refractivity contribution in [1.29, 1.82) is 0 Å². The second-order valence-corrected chi connectivity index (χ2v) is 14.0. The first-order chi connectivity index (χ1) is 17.7. The molecule has 0 unspecified atom stereocenters. The molecular formula is C29H33NO6S. The molecule has 2 saturated heterocycles. The monoisotopic (exact) mass is 523 g/mol. The Kier molecular flexibility index (Phi) is 5.77. The van der Waals surface area contributed by atoms with E-state index in [0.717, 1.165) is 36.8 Å². The van der Waals surface area contributed by atoms with Crippen LogP contribution in [0.5, 0.6) is 0 Å². The van der Waals surface area contributed by atoms with Gasteiger partial charge in [0.1, 0.15) is 11.5 Å². The van der Waals surface area contributed by atoms with Crippen LogP contribution in [0.4, 0.5) is 0 Å². The molecule has 2 heterocycles. The summed E-state index contributed by atoms with van der Waals surface area (Å²) in [6, 6.07) is 17.5. The van der Waals surface area contributed by atoms with Crippen molar-refractivity contribution >= 4 is 21.7 Å². The summed E-state index contributed by atoms with van der Waals surface area (Å²) in [4.78, 5) is 28.6. The third-order valence-corrected chi connectivity index (χ3v) is 11.7. The predicted octanol–water partition coefficient (Wildman–Crippen LogP) is 4.17. The summed E-state index contributed by atoms with van der Waals surface area (Å²) in [5.41, 5.74) is 0.486. The summed E-state index contributed by atoms with van der Waals surface area (Å²) in [6.07, 6.45) is 4.63. The van der Waals surface area contributed by atoms with Crippen LogP contribution in [0.1, 0.15) is 69.6 Å². The van der Waals surface area contributed by atoms with Crippen molar-refractivity contribution in [2.24, 2.45) is 5.41 Å². The summed E-state index contributed by atoms with van der Waals surface area (Å²) < 4.78 is 38.4. The molecule has 4 fully saturated rings. The number of β-lactam (4-membered cyclic amide) rings is 1. The molecule has 6 rings (SSSR count). The smallest absolute Gasteiger partial charge is 0.331 e. The number of fused-ring (bicyclic) bond motifs is 2. The van der Waals surface area contributed by atoms with Crippen molar-refractivity contribution in [1.82, 2.24) is 4.90 Å². The molecule has 2 aromatic rings. The lowest BCUT2D eigenvalue weighted by Crippen LogP contribution is -2.66. The second-order valence-electron chi connectivity index (χ2n) is 11.4. The summed E-state index contributed by atoms with van der Waals surface area (Å²) in [5.74, 6) is -1.01. The Balaban J connectivity index is 1.28. The zero-order valence-corrected chi connectivity index (χ0v) is 22.0. The highest BCUT2D eigenvalue weighted by molar-refractivity contribution is 7.94. The molecule has 1 spiro atoms. The van der Waals surface area contributed by atoms with Gasteiger partial charge in [0.15, 0.2) is 21.3 Å². The molecule has 0 bridgehead atoms. The number of carbonyl (C=O) groups is 2. The van der Waals surface area contributed by atoms with Crippen LogP contribution in [0, 0.1) is 5.41 Å². The molecule has 4 atom stereocenters. The minimum absolute atomic E-state index is 0.0790. The van der Waals surface area contributed by atoms with Gasteiger partial charge in [0, 0.05) is 0 Å². The van der Waals surface area contributed by atoms with E-state index in [1.807, 2.05) is 60.7 Å². The van der Waals surface area contributed by atoms with Gasteiger partial charge in [0.2, 0.25) is 5.91 Å². The highest BCUT2D eigenvalue weighted by Gasteiger charge is 2.86.